The summed E-state index contributed by atoms with van der Waals surface area (Å²) in [5, 5.41) is 28.9. The van der Waals surface area contributed by atoms with E-state index >= 15 is 0 Å². The van der Waals surface area contributed by atoms with Crippen LogP contribution >= 0.6 is 0 Å². The summed E-state index contributed by atoms with van der Waals surface area (Å²) < 4.78 is 0. The molecule has 0 aromatic heterocycles. The fraction of sp³-hybridized carbons (Fsp3) is 0.455. The van der Waals surface area contributed by atoms with E-state index < -0.39 is 0 Å². The summed E-state index contributed by atoms with van der Waals surface area (Å²) in [6, 6.07) is 14.6. The van der Waals surface area contributed by atoms with Crippen molar-refractivity contribution in [1.82, 2.24) is 0 Å². The molecule has 0 aliphatic rings. The second kappa shape index (κ2) is 10.1. The average molecular weight is 344 g/mol. The van der Waals surface area contributed by atoms with Crippen LogP contribution in [-0.2, 0) is 0 Å². The summed E-state index contributed by atoms with van der Waals surface area (Å²) >= 11 is 0. The van der Waals surface area contributed by atoms with Crippen LogP contribution < -0.4 is 0 Å². The monoisotopic (exact) mass is 344 g/mol. The Morgan fingerprint density at radius 3 is 1.28 bits per heavy atom. The maximum absolute atomic E-state index is 10.2. The molecule has 3 N–H and O–H groups in total. The third-order valence-electron chi connectivity index (χ3n) is 4.79. The molecule has 0 radical (unpaired) electrons. The van der Waals surface area contributed by atoms with E-state index in [1.165, 1.54) is 11.1 Å². The SMILES string of the molecule is C.C[C@H](CCC(O)CC[C@@H](C)c1ccc(O)cc1)c1ccc(O)cc1. The molecule has 25 heavy (non-hydrogen) atoms. The molecule has 0 saturated heterocycles. The van der Waals surface area contributed by atoms with Crippen molar-refractivity contribution in [2.24, 2.45) is 0 Å². The molecular formula is C22H32O3. The van der Waals surface area contributed by atoms with Crippen LogP contribution in [-0.4, -0.2) is 21.4 Å². The van der Waals surface area contributed by atoms with Gasteiger partial charge in [-0.3, -0.25) is 0 Å². The zero-order chi connectivity index (χ0) is 17.5. The van der Waals surface area contributed by atoms with Gasteiger partial charge in [0.1, 0.15) is 11.5 Å². The van der Waals surface area contributed by atoms with Crippen molar-refractivity contribution in [3.8, 4) is 11.5 Å². The lowest BCUT2D eigenvalue weighted by Crippen LogP contribution is -2.10. The predicted octanol–water partition coefficient (Wildman–Crippen LogP) is 5.56. The van der Waals surface area contributed by atoms with Crippen LogP contribution in [0, 0.1) is 0 Å². The Labute approximate surface area is 152 Å². The minimum atomic E-state index is -0.288. The van der Waals surface area contributed by atoms with Gasteiger partial charge < -0.3 is 15.3 Å². The minimum absolute atomic E-state index is 0. The van der Waals surface area contributed by atoms with Crippen LogP contribution in [0.25, 0.3) is 0 Å². The average Bonchev–Trinajstić information content (AvgIpc) is 2.58. The van der Waals surface area contributed by atoms with Crippen LogP contribution in [0.2, 0.25) is 0 Å². The maximum Gasteiger partial charge on any atom is 0.115 e. The van der Waals surface area contributed by atoms with E-state index in [0.29, 0.717) is 11.8 Å². The zero-order valence-electron chi connectivity index (χ0n) is 14.5. The first-order chi connectivity index (χ1) is 11.5. The topological polar surface area (TPSA) is 60.7 Å². The number of rotatable bonds is 8. The first kappa shape index (κ1) is 21.0. The lowest BCUT2D eigenvalue weighted by atomic mass is 9.91. The number of benzene rings is 2. The van der Waals surface area contributed by atoms with Crippen molar-refractivity contribution in [3.63, 3.8) is 0 Å². The van der Waals surface area contributed by atoms with Gasteiger partial charge in [0.25, 0.3) is 0 Å². The van der Waals surface area contributed by atoms with Gasteiger partial charge in [0.05, 0.1) is 6.10 Å². The lowest BCUT2D eigenvalue weighted by molar-refractivity contribution is 0.145. The Morgan fingerprint density at radius 2 is 0.960 bits per heavy atom. The van der Waals surface area contributed by atoms with Crippen LogP contribution in [0.15, 0.2) is 48.5 Å². The molecule has 2 aromatic carbocycles. The Kier molecular flexibility index (Phi) is 8.50. The van der Waals surface area contributed by atoms with E-state index in [4.69, 9.17) is 0 Å². The van der Waals surface area contributed by atoms with Gasteiger partial charge in [-0.05, 0) is 72.9 Å². The molecule has 0 aliphatic carbocycles. The van der Waals surface area contributed by atoms with Crippen LogP contribution in [0.5, 0.6) is 11.5 Å². The molecule has 0 saturated carbocycles. The van der Waals surface area contributed by atoms with Crippen LogP contribution in [0.1, 0.15) is 69.9 Å². The quantitative estimate of drug-likeness (QED) is 0.587. The van der Waals surface area contributed by atoms with Gasteiger partial charge in [0.2, 0.25) is 0 Å². The normalized spacial score (nSPS) is 13.3. The second-order valence-corrected chi connectivity index (χ2v) is 6.79. The predicted molar refractivity (Wildman–Crippen MR) is 104 cm³/mol. The smallest absolute Gasteiger partial charge is 0.115 e. The summed E-state index contributed by atoms with van der Waals surface area (Å²) in [6.45, 7) is 4.30. The number of phenolic OH excluding ortho intramolecular Hbond substituents is 2. The van der Waals surface area contributed by atoms with E-state index in [2.05, 4.69) is 13.8 Å². The number of hydrogen-bond donors (Lipinski definition) is 3. The highest BCUT2D eigenvalue weighted by Gasteiger charge is 2.12. The van der Waals surface area contributed by atoms with E-state index in [9.17, 15) is 15.3 Å². The molecule has 0 fully saturated rings. The second-order valence-electron chi connectivity index (χ2n) is 6.79. The molecule has 0 unspecified atom stereocenters. The standard InChI is InChI=1S/C21H28O3.CH4/c1-15(17-5-11-20(23)12-6-17)3-9-19(22)10-4-16(2)18-7-13-21(24)14-8-18;/h5-8,11-16,19,22-24H,3-4,9-10H2,1-2H3;1H4/t15-,16-;/m1./s1. The molecule has 0 aliphatic heterocycles. The van der Waals surface area contributed by atoms with Crippen molar-refractivity contribution in [2.45, 2.75) is 64.9 Å². The van der Waals surface area contributed by atoms with Gasteiger partial charge in [-0.1, -0.05) is 45.5 Å². The van der Waals surface area contributed by atoms with Crippen molar-refractivity contribution < 1.29 is 15.3 Å². The fourth-order valence-corrected chi connectivity index (χ4v) is 2.97. The molecule has 138 valence electrons. The van der Waals surface area contributed by atoms with Crippen molar-refractivity contribution in [3.05, 3.63) is 59.7 Å². The fourth-order valence-electron chi connectivity index (χ4n) is 2.97. The highest BCUT2D eigenvalue weighted by Crippen LogP contribution is 2.26. The molecule has 3 nitrogen and oxygen atoms in total. The third-order valence-corrected chi connectivity index (χ3v) is 4.79. The zero-order valence-corrected chi connectivity index (χ0v) is 14.5. The molecule has 2 rings (SSSR count). The summed E-state index contributed by atoms with van der Waals surface area (Å²) in [5.41, 5.74) is 2.38. The van der Waals surface area contributed by atoms with Gasteiger partial charge in [0.15, 0.2) is 0 Å². The Balaban J connectivity index is 0.00000312. The van der Waals surface area contributed by atoms with Gasteiger partial charge in [0, 0.05) is 0 Å². The highest BCUT2D eigenvalue weighted by molar-refractivity contribution is 5.28. The van der Waals surface area contributed by atoms with Gasteiger partial charge >= 0.3 is 0 Å². The number of aliphatic hydroxyl groups is 1. The van der Waals surface area contributed by atoms with Gasteiger partial charge in [-0.25, -0.2) is 0 Å². The van der Waals surface area contributed by atoms with Gasteiger partial charge in [-0.15, -0.1) is 0 Å². The van der Waals surface area contributed by atoms with Crippen molar-refractivity contribution in [1.29, 1.82) is 0 Å². The number of phenols is 2. The molecule has 0 heterocycles. The lowest BCUT2D eigenvalue weighted by Gasteiger charge is -2.18. The van der Waals surface area contributed by atoms with E-state index in [0.717, 1.165) is 25.7 Å². The molecule has 2 aromatic rings. The molecule has 2 atom stereocenters. The summed E-state index contributed by atoms with van der Waals surface area (Å²) in [5.74, 6) is 1.31. The Bertz CT molecular complexity index is 549. The van der Waals surface area contributed by atoms with E-state index in [1.807, 2.05) is 24.3 Å². The van der Waals surface area contributed by atoms with Gasteiger partial charge in [-0.2, -0.15) is 0 Å². The number of aliphatic hydroxyl groups excluding tert-OH is 1. The van der Waals surface area contributed by atoms with Crippen LogP contribution in [0.3, 0.4) is 0 Å². The highest BCUT2D eigenvalue weighted by atomic mass is 16.3. The molecule has 0 bridgehead atoms. The number of hydrogen-bond acceptors (Lipinski definition) is 3. The number of aromatic hydroxyl groups is 2. The van der Waals surface area contributed by atoms with Crippen molar-refractivity contribution in [2.75, 3.05) is 0 Å². The minimum Gasteiger partial charge on any atom is -0.508 e. The Morgan fingerprint density at radius 1 is 0.640 bits per heavy atom. The van der Waals surface area contributed by atoms with E-state index in [1.54, 1.807) is 24.3 Å². The molecule has 0 spiro atoms. The maximum atomic E-state index is 10.2. The summed E-state index contributed by atoms with van der Waals surface area (Å²) in [6.07, 6.45) is 3.14. The molecule has 0 amide bonds. The molecule has 3 heteroatoms. The van der Waals surface area contributed by atoms with E-state index in [-0.39, 0.29) is 25.0 Å². The Hall–Kier alpha value is -2.00. The first-order valence-corrected chi connectivity index (χ1v) is 8.71. The first-order valence-electron chi connectivity index (χ1n) is 8.71. The largest absolute Gasteiger partial charge is 0.508 e. The molecular weight excluding hydrogens is 312 g/mol. The van der Waals surface area contributed by atoms with Crippen LogP contribution in [0.4, 0.5) is 0 Å². The van der Waals surface area contributed by atoms with Crippen molar-refractivity contribution >= 4 is 0 Å². The summed E-state index contributed by atoms with van der Waals surface area (Å²) in [7, 11) is 0. The third kappa shape index (κ3) is 6.79. The summed E-state index contributed by atoms with van der Waals surface area (Å²) in [4.78, 5) is 0.